The monoisotopic (exact) mass is 318 g/mol. The van der Waals surface area contributed by atoms with Gasteiger partial charge in [-0.2, -0.15) is 4.98 Å². The van der Waals surface area contributed by atoms with Gasteiger partial charge < -0.3 is 9.84 Å². The molecule has 0 radical (unpaired) electrons. The summed E-state index contributed by atoms with van der Waals surface area (Å²) < 4.78 is 5.41. The van der Waals surface area contributed by atoms with Crippen molar-refractivity contribution < 1.29 is 4.52 Å². The van der Waals surface area contributed by atoms with Gasteiger partial charge in [0.15, 0.2) is 5.82 Å². The van der Waals surface area contributed by atoms with Crippen LogP contribution in [0.3, 0.4) is 0 Å². The third-order valence-electron chi connectivity index (χ3n) is 4.03. The van der Waals surface area contributed by atoms with Crippen LogP contribution in [0.2, 0.25) is 0 Å². The highest BCUT2D eigenvalue weighted by Gasteiger charge is 2.11. The van der Waals surface area contributed by atoms with E-state index in [1.807, 2.05) is 24.3 Å². The highest BCUT2D eigenvalue weighted by Crippen LogP contribution is 2.19. The summed E-state index contributed by atoms with van der Waals surface area (Å²) in [5.41, 5.74) is 4.42. The molecule has 0 saturated carbocycles. The van der Waals surface area contributed by atoms with Crippen LogP contribution in [0.25, 0.3) is 11.5 Å². The van der Waals surface area contributed by atoms with Crippen molar-refractivity contribution >= 4 is 5.84 Å². The molecule has 1 aromatic heterocycles. The van der Waals surface area contributed by atoms with Crippen LogP contribution >= 0.6 is 0 Å². The summed E-state index contributed by atoms with van der Waals surface area (Å²) in [7, 11) is 0. The molecule has 0 amide bonds. The van der Waals surface area contributed by atoms with Crippen LogP contribution in [-0.4, -0.2) is 29.1 Å². The molecule has 3 aromatic rings. The number of nitrogens with zero attached hydrogens (tertiary/aromatic N) is 3. The molecule has 0 fully saturated rings. The minimum absolute atomic E-state index is 0.546. The van der Waals surface area contributed by atoms with Crippen LogP contribution in [0.5, 0.6) is 0 Å². The maximum absolute atomic E-state index is 5.41. The SMILES string of the molecule is Cc1ccc(Cc2noc(-c3ccc(C4=NCCN4)cc3)n2)cc1. The number of aliphatic imine (C=N–C) groups is 1. The highest BCUT2D eigenvalue weighted by molar-refractivity contribution is 5.99. The Morgan fingerprint density at radius 2 is 1.75 bits per heavy atom. The predicted molar refractivity (Wildman–Crippen MR) is 93.1 cm³/mol. The molecule has 0 saturated heterocycles. The zero-order valence-corrected chi connectivity index (χ0v) is 13.5. The molecule has 120 valence electrons. The van der Waals surface area contributed by atoms with Gasteiger partial charge in [-0.05, 0) is 24.6 Å². The Kier molecular flexibility index (Phi) is 3.83. The number of benzene rings is 2. The summed E-state index contributed by atoms with van der Waals surface area (Å²) >= 11 is 0. The molecule has 0 unspecified atom stereocenters. The molecule has 0 atom stereocenters. The van der Waals surface area contributed by atoms with Crippen molar-refractivity contribution in [3.8, 4) is 11.5 Å². The van der Waals surface area contributed by atoms with Gasteiger partial charge in [-0.1, -0.05) is 47.1 Å². The van der Waals surface area contributed by atoms with Crippen LogP contribution in [0.15, 0.2) is 58.0 Å². The third kappa shape index (κ3) is 3.06. The number of aromatic nitrogens is 2. The summed E-state index contributed by atoms with van der Waals surface area (Å²) in [6, 6.07) is 16.4. The van der Waals surface area contributed by atoms with Gasteiger partial charge in [-0.25, -0.2) is 0 Å². The molecule has 1 aliphatic rings. The van der Waals surface area contributed by atoms with E-state index < -0.39 is 0 Å². The van der Waals surface area contributed by atoms with Gasteiger partial charge in [0.05, 0.1) is 6.54 Å². The van der Waals surface area contributed by atoms with Gasteiger partial charge in [0.1, 0.15) is 5.84 Å². The standard InChI is InChI=1S/C19H18N4O/c1-13-2-4-14(5-3-13)12-17-22-19(24-23-17)16-8-6-15(7-9-16)18-20-10-11-21-18/h2-9H,10-12H2,1H3,(H,20,21). The van der Waals surface area contributed by atoms with E-state index in [4.69, 9.17) is 4.52 Å². The summed E-state index contributed by atoms with van der Waals surface area (Å²) in [6.07, 6.45) is 0.669. The number of hydrogen-bond acceptors (Lipinski definition) is 5. The highest BCUT2D eigenvalue weighted by atomic mass is 16.5. The van der Waals surface area contributed by atoms with Crippen molar-refractivity contribution in [2.45, 2.75) is 13.3 Å². The number of nitrogens with one attached hydrogen (secondary N) is 1. The molecule has 1 aliphatic heterocycles. The zero-order valence-electron chi connectivity index (χ0n) is 13.5. The van der Waals surface area contributed by atoms with Crippen molar-refractivity contribution in [1.29, 1.82) is 0 Å². The average Bonchev–Trinajstić information content (AvgIpc) is 3.29. The van der Waals surface area contributed by atoms with Crippen LogP contribution in [-0.2, 0) is 6.42 Å². The predicted octanol–water partition coefficient (Wildman–Crippen LogP) is 2.99. The second-order valence-electron chi connectivity index (χ2n) is 5.91. The fourth-order valence-corrected chi connectivity index (χ4v) is 2.69. The van der Waals surface area contributed by atoms with Crippen molar-refractivity contribution in [2.75, 3.05) is 13.1 Å². The van der Waals surface area contributed by atoms with Gasteiger partial charge in [0.2, 0.25) is 0 Å². The Bertz CT molecular complexity index is 863. The first-order valence-electron chi connectivity index (χ1n) is 8.05. The molecule has 0 spiro atoms. The van der Waals surface area contributed by atoms with E-state index in [-0.39, 0.29) is 0 Å². The lowest BCUT2D eigenvalue weighted by Crippen LogP contribution is -2.19. The summed E-state index contributed by atoms with van der Waals surface area (Å²) in [6.45, 7) is 3.82. The minimum Gasteiger partial charge on any atom is -0.368 e. The van der Waals surface area contributed by atoms with Crippen molar-refractivity contribution in [2.24, 2.45) is 4.99 Å². The quantitative estimate of drug-likeness (QED) is 0.803. The Morgan fingerprint density at radius 1 is 1.00 bits per heavy atom. The third-order valence-corrected chi connectivity index (χ3v) is 4.03. The Hall–Kier alpha value is -2.95. The van der Waals surface area contributed by atoms with E-state index in [0.29, 0.717) is 18.1 Å². The first kappa shape index (κ1) is 14.6. The van der Waals surface area contributed by atoms with E-state index in [0.717, 1.165) is 30.1 Å². The molecule has 2 aromatic carbocycles. The van der Waals surface area contributed by atoms with Gasteiger partial charge >= 0.3 is 0 Å². The maximum Gasteiger partial charge on any atom is 0.257 e. The first-order valence-corrected chi connectivity index (χ1v) is 8.05. The largest absolute Gasteiger partial charge is 0.368 e. The molecule has 24 heavy (non-hydrogen) atoms. The Balaban J connectivity index is 1.50. The molecule has 2 heterocycles. The van der Waals surface area contributed by atoms with Crippen LogP contribution in [0.4, 0.5) is 0 Å². The van der Waals surface area contributed by atoms with Crippen LogP contribution in [0.1, 0.15) is 22.5 Å². The van der Waals surface area contributed by atoms with E-state index in [9.17, 15) is 0 Å². The summed E-state index contributed by atoms with van der Waals surface area (Å²) in [5.74, 6) is 2.19. The van der Waals surface area contributed by atoms with E-state index in [1.54, 1.807) is 0 Å². The Labute approximate surface area is 140 Å². The lowest BCUT2D eigenvalue weighted by atomic mass is 10.1. The molecule has 1 N–H and O–H groups in total. The van der Waals surface area contributed by atoms with E-state index >= 15 is 0 Å². The second-order valence-corrected chi connectivity index (χ2v) is 5.91. The summed E-state index contributed by atoms with van der Waals surface area (Å²) in [4.78, 5) is 8.92. The Morgan fingerprint density at radius 3 is 2.46 bits per heavy atom. The number of hydrogen-bond donors (Lipinski definition) is 1. The average molecular weight is 318 g/mol. The fourth-order valence-electron chi connectivity index (χ4n) is 2.69. The maximum atomic E-state index is 5.41. The minimum atomic E-state index is 0.546. The van der Waals surface area contributed by atoms with Gasteiger partial charge in [-0.3, -0.25) is 4.99 Å². The first-order chi connectivity index (χ1) is 11.8. The van der Waals surface area contributed by atoms with Crippen LogP contribution in [0, 0.1) is 6.92 Å². The van der Waals surface area contributed by atoms with Gasteiger partial charge in [-0.15, -0.1) is 0 Å². The molecule has 0 bridgehead atoms. The molecule has 5 nitrogen and oxygen atoms in total. The summed E-state index contributed by atoms with van der Waals surface area (Å²) in [5, 5.41) is 7.35. The molecule has 4 rings (SSSR count). The lowest BCUT2D eigenvalue weighted by Gasteiger charge is -2.02. The molecular weight excluding hydrogens is 300 g/mol. The van der Waals surface area contributed by atoms with E-state index in [2.05, 4.69) is 51.6 Å². The van der Waals surface area contributed by atoms with Crippen LogP contribution < -0.4 is 5.32 Å². The van der Waals surface area contributed by atoms with E-state index in [1.165, 1.54) is 11.1 Å². The van der Waals surface area contributed by atoms with Crippen molar-refractivity contribution in [3.05, 3.63) is 71.0 Å². The van der Waals surface area contributed by atoms with Crippen molar-refractivity contribution in [3.63, 3.8) is 0 Å². The van der Waals surface area contributed by atoms with Gasteiger partial charge in [0.25, 0.3) is 5.89 Å². The fraction of sp³-hybridized carbons (Fsp3) is 0.211. The molecular formula is C19H18N4O. The second kappa shape index (κ2) is 6.28. The smallest absolute Gasteiger partial charge is 0.257 e. The molecule has 0 aliphatic carbocycles. The number of rotatable bonds is 4. The number of aryl methyl sites for hydroxylation is 1. The van der Waals surface area contributed by atoms with Crippen molar-refractivity contribution in [1.82, 2.24) is 15.5 Å². The number of amidine groups is 1. The normalized spacial score (nSPS) is 13.6. The molecule has 5 heteroatoms. The lowest BCUT2D eigenvalue weighted by molar-refractivity contribution is 0.424. The zero-order chi connectivity index (χ0) is 16.4. The topological polar surface area (TPSA) is 63.3 Å². The van der Waals surface area contributed by atoms with Gasteiger partial charge in [0, 0.05) is 24.1 Å².